The van der Waals surface area contributed by atoms with Crippen LogP contribution in [-0.2, 0) is 6.42 Å². The molecule has 1 atom stereocenters. The van der Waals surface area contributed by atoms with Crippen LogP contribution in [0.4, 0.5) is 0 Å². The number of H-pyrrole nitrogens is 1. The molecule has 0 bridgehead atoms. The van der Waals surface area contributed by atoms with E-state index in [1.54, 1.807) is 22.7 Å². The van der Waals surface area contributed by atoms with E-state index in [-0.39, 0.29) is 5.25 Å². The number of thiol groups is 1. The molecule has 6 heteroatoms. The highest BCUT2D eigenvalue weighted by Gasteiger charge is 2.10. The van der Waals surface area contributed by atoms with Gasteiger partial charge in [-0.15, -0.1) is 22.7 Å². The summed E-state index contributed by atoms with van der Waals surface area (Å²) in [6, 6.07) is 0. The Bertz CT molecular complexity index is 496. The van der Waals surface area contributed by atoms with Gasteiger partial charge in [0.15, 0.2) is 3.95 Å². The van der Waals surface area contributed by atoms with Crippen LogP contribution >= 0.6 is 47.5 Å². The maximum atomic E-state index is 5.04. The molecule has 15 heavy (non-hydrogen) atoms. The van der Waals surface area contributed by atoms with Gasteiger partial charge < -0.3 is 4.98 Å². The summed E-state index contributed by atoms with van der Waals surface area (Å²) in [6.07, 6.45) is 0.843. The fourth-order valence-corrected chi connectivity index (χ4v) is 3.21. The molecule has 0 saturated carbocycles. The van der Waals surface area contributed by atoms with E-state index in [9.17, 15) is 0 Å². The monoisotopic (exact) mass is 274 g/mol. The fourth-order valence-electron chi connectivity index (χ4n) is 1.27. The van der Waals surface area contributed by atoms with Crippen LogP contribution in [-0.4, -0.2) is 9.97 Å². The Morgan fingerprint density at radius 3 is 2.87 bits per heavy atom. The molecule has 2 rings (SSSR count). The Morgan fingerprint density at radius 2 is 2.33 bits per heavy atom. The van der Waals surface area contributed by atoms with Crippen molar-refractivity contribution in [3.63, 3.8) is 0 Å². The molecule has 0 amide bonds. The van der Waals surface area contributed by atoms with Gasteiger partial charge in [0, 0.05) is 28.1 Å². The van der Waals surface area contributed by atoms with Gasteiger partial charge in [0.05, 0.1) is 10.7 Å². The first-order chi connectivity index (χ1) is 7.15. The number of rotatable bonds is 3. The maximum Gasteiger partial charge on any atom is 0.158 e. The summed E-state index contributed by atoms with van der Waals surface area (Å²) < 4.78 is 0.804. The lowest BCUT2D eigenvalue weighted by Crippen LogP contribution is -1.96. The molecular formula is C9H10N2S4. The van der Waals surface area contributed by atoms with Crippen LogP contribution in [0.25, 0.3) is 0 Å². The van der Waals surface area contributed by atoms with Gasteiger partial charge in [-0.2, -0.15) is 12.6 Å². The Kier molecular flexibility index (Phi) is 3.60. The third kappa shape index (κ3) is 2.90. The molecule has 0 saturated heterocycles. The van der Waals surface area contributed by atoms with E-state index in [0.29, 0.717) is 0 Å². The first-order valence-electron chi connectivity index (χ1n) is 4.42. The molecule has 0 radical (unpaired) electrons. The van der Waals surface area contributed by atoms with E-state index in [4.69, 9.17) is 12.2 Å². The van der Waals surface area contributed by atoms with E-state index in [0.717, 1.165) is 26.8 Å². The largest absolute Gasteiger partial charge is 0.340 e. The summed E-state index contributed by atoms with van der Waals surface area (Å²) in [5.41, 5.74) is 2.18. The van der Waals surface area contributed by atoms with E-state index < -0.39 is 0 Å². The Labute approximate surface area is 107 Å². The van der Waals surface area contributed by atoms with E-state index in [1.807, 2.05) is 12.3 Å². The second kappa shape index (κ2) is 4.78. The Hall–Kier alpha value is -0.170. The number of hydrogen-bond donors (Lipinski definition) is 2. The van der Waals surface area contributed by atoms with Crippen molar-refractivity contribution in [1.82, 2.24) is 9.97 Å². The normalized spacial score (nSPS) is 12.9. The molecule has 2 nitrogen and oxygen atoms in total. The smallest absolute Gasteiger partial charge is 0.158 e. The van der Waals surface area contributed by atoms with Gasteiger partial charge in [0.2, 0.25) is 0 Å². The zero-order chi connectivity index (χ0) is 10.8. The SMILES string of the molecule is Cc1nc(CC(S)c2csc(=S)[nH]2)cs1. The maximum absolute atomic E-state index is 5.04. The number of aryl methyl sites for hydroxylation is 1. The standard InChI is InChI=1S/C9H10N2S4/c1-5-10-6(3-14-5)2-8(12)7-4-15-9(13)11-7/h3-4,8,12H,2H2,1H3,(H,11,13). The van der Waals surface area contributed by atoms with E-state index in [2.05, 4.69) is 28.0 Å². The molecule has 1 N–H and O–H groups in total. The van der Waals surface area contributed by atoms with Gasteiger partial charge >= 0.3 is 0 Å². The Morgan fingerprint density at radius 1 is 1.53 bits per heavy atom. The number of aromatic nitrogens is 2. The molecular weight excluding hydrogens is 264 g/mol. The summed E-state index contributed by atoms with van der Waals surface area (Å²) in [5.74, 6) is 0. The summed E-state index contributed by atoms with van der Waals surface area (Å²) in [4.78, 5) is 7.55. The van der Waals surface area contributed by atoms with Gasteiger partial charge in [-0.1, -0.05) is 0 Å². The Balaban J connectivity index is 2.10. The quantitative estimate of drug-likeness (QED) is 0.658. The molecule has 0 fully saturated rings. The van der Waals surface area contributed by atoms with Crippen LogP contribution in [0.3, 0.4) is 0 Å². The highest BCUT2D eigenvalue weighted by Crippen LogP contribution is 2.25. The van der Waals surface area contributed by atoms with Crippen LogP contribution in [0.5, 0.6) is 0 Å². The first kappa shape index (κ1) is 11.3. The number of nitrogens with one attached hydrogen (secondary N) is 1. The summed E-state index contributed by atoms with van der Waals surface area (Å²) in [7, 11) is 0. The molecule has 1 unspecified atom stereocenters. The van der Waals surface area contributed by atoms with Gasteiger partial charge in [-0.25, -0.2) is 4.98 Å². The molecule has 0 aromatic carbocycles. The number of thiazole rings is 2. The van der Waals surface area contributed by atoms with Gasteiger partial charge in [-0.3, -0.25) is 0 Å². The van der Waals surface area contributed by atoms with Crippen molar-refractivity contribution in [2.45, 2.75) is 18.6 Å². The fraction of sp³-hybridized carbons (Fsp3) is 0.333. The zero-order valence-corrected chi connectivity index (χ0v) is 11.4. The molecule has 2 aromatic rings. The lowest BCUT2D eigenvalue weighted by atomic mass is 10.2. The second-order valence-electron chi connectivity index (χ2n) is 3.18. The van der Waals surface area contributed by atoms with Gasteiger partial charge in [0.1, 0.15) is 0 Å². The zero-order valence-electron chi connectivity index (χ0n) is 8.06. The summed E-state index contributed by atoms with van der Waals surface area (Å²) >= 11 is 12.8. The highest BCUT2D eigenvalue weighted by atomic mass is 32.1. The van der Waals surface area contributed by atoms with Crippen LogP contribution in [0, 0.1) is 10.9 Å². The number of nitrogens with zero attached hydrogens (tertiary/aromatic N) is 1. The molecule has 80 valence electrons. The predicted octanol–water partition coefficient (Wildman–Crippen LogP) is 3.78. The van der Waals surface area contributed by atoms with E-state index in [1.165, 1.54) is 0 Å². The third-order valence-corrected chi connectivity index (χ3v) is 4.33. The van der Waals surface area contributed by atoms with Crippen LogP contribution in [0.2, 0.25) is 0 Å². The molecule has 2 aromatic heterocycles. The van der Waals surface area contributed by atoms with Crippen molar-refractivity contribution in [3.8, 4) is 0 Å². The van der Waals surface area contributed by atoms with Crippen molar-refractivity contribution >= 4 is 47.5 Å². The molecule has 2 heterocycles. The first-order valence-corrected chi connectivity index (χ1v) is 7.10. The summed E-state index contributed by atoms with van der Waals surface area (Å²) in [5, 5.41) is 5.36. The molecule has 0 aliphatic rings. The minimum atomic E-state index is 0.152. The van der Waals surface area contributed by atoms with Crippen molar-refractivity contribution in [2.24, 2.45) is 0 Å². The minimum Gasteiger partial charge on any atom is -0.340 e. The lowest BCUT2D eigenvalue weighted by Gasteiger charge is -2.05. The van der Waals surface area contributed by atoms with Crippen molar-refractivity contribution in [2.75, 3.05) is 0 Å². The average Bonchev–Trinajstić information content (AvgIpc) is 2.75. The third-order valence-electron chi connectivity index (χ3n) is 1.97. The predicted molar refractivity (Wildman–Crippen MR) is 71.8 cm³/mol. The van der Waals surface area contributed by atoms with Crippen LogP contribution in [0.15, 0.2) is 10.8 Å². The number of hydrogen-bond acceptors (Lipinski definition) is 5. The van der Waals surface area contributed by atoms with Crippen molar-refractivity contribution in [1.29, 1.82) is 0 Å². The highest BCUT2D eigenvalue weighted by molar-refractivity contribution is 7.80. The topological polar surface area (TPSA) is 28.7 Å². The number of aromatic amines is 1. The van der Waals surface area contributed by atoms with Crippen LogP contribution < -0.4 is 0 Å². The van der Waals surface area contributed by atoms with E-state index >= 15 is 0 Å². The lowest BCUT2D eigenvalue weighted by molar-refractivity contribution is 0.876. The molecule has 0 spiro atoms. The van der Waals surface area contributed by atoms with Crippen molar-refractivity contribution < 1.29 is 0 Å². The minimum absolute atomic E-state index is 0.152. The molecule has 0 aliphatic heterocycles. The van der Waals surface area contributed by atoms with Crippen LogP contribution in [0.1, 0.15) is 21.6 Å². The molecule has 0 aliphatic carbocycles. The van der Waals surface area contributed by atoms with Gasteiger partial charge in [-0.05, 0) is 19.1 Å². The van der Waals surface area contributed by atoms with Gasteiger partial charge in [0.25, 0.3) is 0 Å². The summed E-state index contributed by atoms with van der Waals surface area (Å²) in [6.45, 7) is 2.01. The average molecular weight is 274 g/mol. The van der Waals surface area contributed by atoms with Crippen molar-refractivity contribution in [3.05, 3.63) is 31.1 Å². The second-order valence-corrected chi connectivity index (χ2v) is 6.41.